The monoisotopic (exact) mass is 394 g/mol. The predicted molar refractivity (Wildman–Crippen MR) is 106 cm³/mol. The molecule has 0 aliphatic heterocycles. The summed E-state index contributed by atoms with van der Waals surface area (Å²) in [5, 5.41) is 0. The molecule has 0 fully saturated rings. The number of fused-ring (bicyclic) bond motifs is 1. The average Bonchev–Trinajstić information content (AvgIpc) is 3.08. The van der Waals surface area contributed by atoms with Gasteiger partial charge in [0, 0.05) is 19.2 Å². The van der Waals surface area contributed by atoms with E-state index in [2.05, 4.69) is 4.98 Å². The summed E-state index contributed by atoms with van der Waals surface area (Å²) in [6, 6.07) is 23.3. The van der Waals surface area contributed by atoms with Gasteiger partial charge in [-0.25, -0.2) is 13.2 Å². The number of hydrogen-bond donors (Lipinski definition) is 1. The van der Waals surface area contributed by atoms with E-state index in [9.17, 15) is 13.2 Å². The molecule has 0 unspecified atom stereocenters. The summed E-state index contributed by atoms with van der Waals surface area (Å²) in [6.07, 6.45) is 0. The fourth-order valence-electron chi connectivity index (χ4n) is 3.04. The van der Waals surface area contributed by atoms with Gasteiger partial charge in [0.15, 0.2) is 5.58 Å². The summed E-state index contributed by atoms with van der Waals surface area (Å²) in [7, 11) is -3.82. The van der Waals surface area contributed by atoms with Crippen LogP contribution in [0.4, 0.5) is 0 Å². The lowest BCUT2D eigenvalue weighted by molar-refractivity contribution is 0.401. The Morgan fingerprint density at radius 1 is 0.821 bits per heavy atom. The Balaban J connectivity index is 1.74. The summed E-state index contributed by atoms with van der Waals surface area (Å²) in [6.45, 7) is 0.459. The first-order valence-corrected chi connectivity index (χ1v) is 10.2. The Morgan fingerprint density at radius 2 is 1.39 bits per heavy atom. The van der Waals surface area contributed by atoms with Crippen molar-refractivity contribution < 1.29 is 12.8 Å². The molecule has 4 aromatic rings. The van der Waals surface area contributed by atoms with Crippen LogP contribution in [0.5, 0.6) is 0 Å². The molecule has 0 saturated heterocycles. The molecule has 7 heteroatoms. The quantitative estimate of drug-likeness (QED) is 0.542. The van der Waals surface area contributed by atoms with E-state index in [0.29, 0.717) is 5.52 Å². The number of nitrogens with zero attached hydrogens (tertiary/aromatic N) is 1. The number of hydrogen-bond acceptors (Lipinski definition) is 4. The second-order valence-corrected chi connectivity index (χ2v) is 8.35. The van der Waals surface area contributed by atoms with Crippen LogP contribution in [0, 0.1) is 0 Å². The van der Waals surface area contributed by atoms with E-state index >= 15 is 0 Å². The minimum Gasteiger partial charge on any atom is -0.408 e. The molecule has 0 amide bonds. The van der Waals surface area contributed by atoms with Gasteiger partial charge in [-0.1, -0.05) is 60.7 Å². The lowest BCUT2D eigenvalue weighted by atomic mass is 10.2. The number of rotatable bonds is 6. The van der Waals surface area contributed by atoms with Crippen molar-refractivity contribution in [1.29, 1.82) is 0 Å². The normalized spacial score (nSPS) is 11.9. The summed E-state index contributed by atoms with van der Waals surface area (Å²) in [5.41, 5.74) is 2.44. The van der Waals surface area contributed by atoms with E-state index < -0.39 is 15.8 Å². The van der Waals surface area contributed by atoms with Gasteiger partial charge in [0.05, 0.1) is 10.4 Å². The van der Waals surface area contributed by atoms with Gasteiger partial charge in [0.1, 0.15) is 0 Å². The van der Waals surface area contributed by atoms with E-state index in [1.807, 2.05) is 60.7 Å². The molecule has 1 heterocycles. The number of nitrogens with one attached hydrogen (secondary N) is 1. The molecule has 0 spiro atoms. The zero-order chi connectivity index (χ0) is 19.6. The van der Waals surface area contributed by atoms with Crippen molar-refractivity contribution in [2.45, 2.75) is 18.0 Å². The number of aromatic nitrogens is 1. The fourth-order valence-corrected chi connectivity index (χ4v) is 4.47. The first-order valence-electron chi connectivity index (χ1n) is 8.73. The SMILES string of the molecule is O=c1[nH]c2ccc(S(=O)(=O)N(Cc3ccccc3)Cc3ccccc3)cc2o1. The van der Waals surface area contributed by atoms with Gasteiger partial charge in [-0.3, -0.25) is 4.98 Å². The van der Waals surface area contributed by atoms with Crippen LogP contribution in [0.3, 0.4) is 0 Å². The molecule has 142 valence electrons. The van der Waals surface area contributed by atoms with Crippen molar-refractivity contribution in [2.75, 3.05) is 0 Å². The maximum atomic E-state index is 13.4. The molecule has 0 bridgehead atoms. The van der Waals surface area contributed by atoms with Gasteiger partial charge in [-0.15, -0.1) is 0 Å². The number of benzene rings is 3. The molecular formula is C21H18N2O4S. The van der Waals surface area contributed by atoms with Crippen LogP contribution >= 0.6 is 0 Å². The van der Waals surface area contributed by atoms with E-state index in [4.69, 9.17) is 4.42 Å². The molecule has 4 rings (SSSR count). The van der Waals surface area contributed by atoms with Crippen LogP contribution in [0.1, 0.15) is 11.1 Å². The summed E-state index contributed by atoms with van der Waals surface area (Å²) < 4.78 is 33.2. The third-order valence-electron chi connectivity index (χ3n) is 4.43. The molecule has 0 saturated carbocycles. The van der Waals surface area contributed by atoms with Crippen molar-refractivity contribution in [3.05, 3.63) is 101 Å². The Hall–Kier alpha value is -3.16. The van der Waals surface area contributed by atoms with Gasteiger partial charge in [0.2, 0.25) is 10.0 Å². The third-order valence-corrected chi connectivity index (χ3v) is 6.22. The minimum atomic E-state index is -3.82. The lowest BCUT2D eigenvalue weighted by Gasteiger charge is -2.22. The van der Waals surface area contributed by atoms with E-state index in [-0.39, 0.29) is 23.6 Å². The summed E-state index contributed by atoms with van der Waals surface area (Å²) in [5.74, 6) is -0.616. The lowest BCUT2D eigenvalue weighted by Crippen LogP contribution is -2.30. The topological polar surface area (TPSA) is 83.4 Å². The average molecular weight is 394 g/mol. The maximum Gasteiger partial charge on any atom is 0.417 e. The van der Waals surface area contributed by atoms with Gasteiger partial charge >= 0.3 is 5.76 Å². The van der Waals surface area contributed by atoms with E-state index in [1.165, 1.54) is 22.5 Å². The van der Waals surface area contributed by atoms with Crippen LogP contribution < -0.4 is 5.76 Å². The molecule has 0 atom stereocenters. The molecular weight excluding hydrogens is 376 g/mol. The molecule has 6 nitrogen and oxygen atoms in total. The van der Waals surface area contributed by atoms with Crippen LogP contribution in [0.2, 0.25) is 0 Å². The first kappa shape index (κ1) is 18.2. The maximum absolute atomic E-state index is 13.4. The highest BCUT2D eigenvalue weighted by atomic mass is 32.2. The van der Waals surface area contributed by atoms with Crippen LogP contribution in [-0.4, -0.2) is 17.7 Å². The van der Waals surface area contributed by atoms with Crippen LogP contribution in [0.25, 0.3) is 11.1 Å². The second-order valence-electron chi connectivity index (χ2n) is 6.42. The largest absolute Gasteiger partial charge is 0.417 e. The standard InChI is InChI=1S/C21H18N2O4S/c24-21-22-19-12-11-18(13-20(19)27-21)28(25,26)23(14-16-7-3-1-4-8-16)15-17-9-5-2-6-10-17/h1-13H,14-15H2,(H,22,24). The van der Waals surface area contributed by atoms with E-state index in [1.54, 1.807) is 0 Å². The van der Waals surface area contributed by atoms with Crippen molar-refractivity contribution in [2.24, 2.45) is 0 Å². The molecule has 1 N–H and O–H groups in total. The van der Waals surface area contributed by atoms with Crippen LogP contribution in [-0.2, 0) is 23.1 Å². The van der Waals surface area contributed by atoms with Crippen molar-refractivity contribution in [3.8, 4) is 0 Å². The Morgan fingerprint density at radius 3 is 1.96 bits per heavy atom. The molecule has 28 heavy (non-hydrogen) atoms. The van der Waals surface area contributed by atoms with Gasteiger partial charge < -0.3 is 4.42 Å². The highest BCUT2D eigenvalue weighted by molar-refractivity contribution is 7.89. The van der Waals surface area contributed by atoms with Crippen LogP contribution in [0.15, 0.2) is 93.0 Å². The molecule has 0 aliphatic rings. The van der Waals surface area contributed by atoms with Gasteiger partial charge in [-0.2, -0.15) is 4.31 Å². The second kappa shape index (κ2) is 7.46. The molecule has 0 aliphatic carbocycles. The fraction of sp³-hybridized carbons (Fsp3) is 0.0952. The number of aromatic amines is 1. The third kappa shape index (κ3) is 3.76. The minimum absolute atomic E-state index is 0.0783. The first-order chi connectivity index (χ1) is 13.5. The molecule has 0 radical (unpaired) electrons. The van der Waals surface area contributed by atoms with E-state index in [0.717, 1.165) is 11.1 Å². The Bertz CT molecular complexity index is 1200. The van der Waals surface area contributed by atoms with Crippen molar-refractivity contribution >= 4 is 21.1 Å². The molecule has 1 aromatic heterocycles. The number of sulfonamides is 1. The van der Waals surface area contributed by atoms with Crippen molar-refractivity contribution in [3.63, 3.8) is 0 Å². The zero-order valence-corrected chi connectivity index (χ0v) is 15.7. The summed E-state index contributed by atoms with van der Waals surface area (Å²) in [4.78, 5) is 14.0. The number of H-pyrrole nitrogens is 1. The smallest absolute Gasteiger partial charge is 0.408 e. The summed E-state index contributed by atoms with van der Waals surface area (Å²) >= 11 is 0. The zero-order valence-electron chi connectivity index (χ0n) is 14.9. The van der Waals surface area contributed by atoms with Crippen molar-refractivity contribution in [1.82, 2.24) is 9.29 Å². The van der Waals surface area contributed by atoms with Gasteiger partial charge in [0.25, 0.3) is 0 Å². The Labute approximate surface area is 162 Å². The number of oxazole rings is 1. The highest BCUT2D eigenvalue weighted by Crippen LogP contribution is 2.24. The van der Waals surface area contributed by atoms with Gasteiger partial charge in [-0.05, 0) is 23.3 Å². The Kier molecular flexibility index (Phi) is 4.85. The predicted octanol–water partition coefficient (Wildman–Crippen LogP) is 3.51. The molecule has 3 aromatic carbocycles. The highest BCUT2D eigenvalue weighted by Gasteiger charge is 2.26.